The van der Waals surface area contributed by atoms with Crippen LogP contribution in [-0.2, 0) is 9.59 Å². The van der Waals surface area contributed by atoms with Crippen LogP contribution in [0.4, 0.5) is 26.3 Å². The third kappa shape index (κ3) is 7.07. The van der Waals surface area contributed by atoms with Crippen molar-refractivity contribution >= 4 is 11.7 Å². The van der Waals surface area contributed by atoms with Crippen molar-refractivity contribution in [1.82, 2.24) is 0 Å². The quantitative estimate of drug-likeness (QED) is 0.448. The third-order valence-electron chi connectivity index (χ3n) is 0.515. The molecule has 0 heterocycles. The Morgan fingerprint density at radius 1 is 1.00 bits per heavy atom. The zero-order valence-corrected chi connectivity index (χ0v) is 5.79. The number of hydrogen-bond donors (Lipinski definition) is 0. The fraction of sp³-hybridized carbons (Fsp3) is 0.400. The summed E-state index contributed by atoms with van der Waals surface area (Å²) < 4.78 is 65.3. The molecule has 0 radical (unpaired) electrons. The minimum Gasteiger partial charge on any atom is -0.279 e. The number of alkyl halides is 6. The molecule has 0 saturated heterocycles. The Morgan fingerprint density at radius 2 is 1.15 bits per heavy atom. The Hall–Kier alpha value is -1.30. The Morgan fingerprint density at radius 3 is 1.15 bits per heavy atom. The zero-order chi connectivity index (χ0) is 11.3. The fourth-order valence-electron chi connectivity index (χ4n) is 0.161. The van der Waals surface area contributed by atoms with Crippen LogP contribution in [0.3, 0.4) is 0 Å². The van der Waals surface area contributed by atoms with Gasteiger partial charge in [-0.15, -0.1) is 0 Å². The van der Waals surface area contributed by atoms with Crippen LogP contribution in [-0.4, -0.2) is 24.1 Å². The van der Waals surface area contributed by atoms with E-state index in [1.807, 2.05) is 0 Å². The molecule has 0 aromatic heterocycles. The van der Waals surface area contributed by atoms with E-state index in [4.69, 9.17) is 4.79 Å². The minimum absolute atomic E-state index is 1.25. The van der Waals surface area contributed by atoms with Crippen LogP contribution in [0.1, 0.15) is 0 Å². The van der Waals surface area contributed by atoms with Crippen LogP contribution in [0.5, 0.6) is 0 Å². The van der Waals surface area contributed by atoms with E-state index in [1.165, 1.54) is 5.94 Å². The van der Waals surface area contributed by atoms with Gasteiger partial charge in [0.2, 0.25) is 0 Å². The van der Waals surface area contributed by atoms with Crippen LogP contribution in [0.25, 0.3) is 0 Å². The monoisotopic (exact) mass is 208 g/mol. The normalized spacial score (nSPS) is 10.9. The lowest BCUT2D eigenvalue weighted by atomic mass is 10.4. The van der Waals surface area contributed by atoms with Crippen molar-refractivity contribution in [3.63, 3.8) is 0 Å². The smallest absolute Gasteiger partial charge is 0.279 e. The van der Waals surface area contributed by atoms with Gasteiger partial charge >= 0.3 is 18.1 Å². The van der Waals surface area contributed by atoms with E-state index in [-0.39, 0.29) is 0 Å². The van der Waals surface area contributed by atoms with Gasteiger partial charge < -0.3 is 0 Å². The molecule has 0 amide bonds. The highest BCUT2D eigenvalue weighted by Crippen LogP contribution is 2.28. The molecule has 0 aliphatic carbocycles. The number of halogens is 6. The van der Waals surface area contributed by atoms with Crippen LogP contribution >= 0.6 is 0 Å². The number of Topliss-reactive ketones (excluding diaryl/α,β-unsaturated/α-hetero) is 1. The Labute approximate surface area is 67.8 Å². The highest BCUT2D eigenvalue weighted by Gasteiger charge is 2.55. The van der Waals surface area contributed by atoms with Gasteiger partial charge in [0.1, 0.15) is 5.94 Å². The van der Waals surface area contributed by atoms with E-state index in [0.29, 0.717) is 0 Å². The number of carbonyl (C=O) groups excluding carboxylic acids is 2. The van der Waals surface area contributed by atoms with Crippen molar-refractivity contribution < 1.29 is 35.9 Å². The molecule has 0 bridgehead atoms. The second-order valence-corrected chi connectivity index (χ2v) is 1.47. The summed E-state index contributed by atoms with van der Waals surface area (Å²) in [5.74, 6) is -2.43. The molecule has 0 N–H and O–H groups in total. The van der Waals surface area contributed by atoms with Gasteiger partial charge in [0, 0.05) is 0 Å². The summed E-state index contributed by atoms with van der Waals surface area (Å²) in [6, 6.07) is 0. The van der Waals surface area contributed by atoms with Crippen molar-refractivity contribution in [3.8, 4) is 0 Å². The number of hydrogen-bond acceptors (Lipinski definition) is 2. The molecule has 0 aromatic carbocycles. The summed E-state index contributed by atoms with van der Waals surface area (Å²) >= 11 is 0. The van der Waals surface area contributed by atoms with Gasteiger partial charge in [0.05, 0.1) is 0 Å². The Bertz CT molecular complexity index is 190. The topological polar surface area (TPSA) is 34.1 Å². The van der Waals surface area contributed by atoms with E-state index in [0.717, 1.165) is 0 Å². The third-order valence-corrected chi connectivity index (χ3v) is 0.515. The summed E-state index contributed by atoms with van der Waals surface area (Å²) in [5.41, 5.74) is 0. The van der Waals surface area contributed by atoms with Crippen LogP contribution in [0.2, 0.25) is 0 Å². The van der Waals surface area contributed by atoms with E-state index in [9.17, 15) is 31.1 Å². The van der Waals surface area contributed by atoms with Crippen LogP contribution in [0.15, 0.2) is 6.58 Å². The molecule has 13 heavy (non-hydrogen) atoms. The summed E-state index contributed by atoms with van der Waals surface area (Å²) in [5, 5.41) is 0. The van der Waals surface area contributed by atoms with Crippen LogP contribution < -0.4 is 0 Å². The van der Waals surface area contributed by atoms with E-state index in [1.54, 1.807) is 0 Å². The molecule has 8 heteroatoms. The summed E-state index contributed by atoms with van der Waals surface area (Å²) in [4.78, 5) is 17.8. The molecule has 0 fully saturated rings. The number of rotatable bonds is 0. The second kappa shape index (κ2) is 4.66. The SMILES string of the molecule is C=C=O.O=C(C(F)(F)F)C(F)(F)F. The number of carbonyl (C=O) groups is 1. The minimum atomic E-state index is -5.82. The van der Waals surface area contributed by atoms with E-state index in [2.05, 4.69) is 6.58 Å². The summed E-state index contributed by atoms with van der Waals surface area (Å²) in [6.45, 7) is 2.68. The average molecular weight is 208 g/mol. The largest absolute Gasteiger partial charge is 0.459 e. The maximum absolute atomic E-state index is 10.9. The van der Waals surface area contributed by atoms with Gasteiger partial charge in [-0.1, -0.05) is 0 Å². The first-order valence-corrected chi connectivity index (χ1v) is 2.40. The van der Waals surface area contributed by atoms with Gasteiger partial charge in [0.15, 0.2) is 0 Å². The molecule has 0 aliphatic rings. The lowest BCUT2D eigenvalue weighted by Gasteiger charge is -2.06. The molecule has 0 aliphatic heterocycles. The zero-order valence-electron chi connectivity index (χ0n) is 5.79. The van der Waals surface area contributed by atoms with Crippen LogP contribution in [0, 0.1) is 0 Å². The molecular weight excluding hydrogens is 206 g/mol. The fourth-order valence-corrected chi connectivity index (χ4v) is 0.161. The lowest BCUT2D eigenvalue weighted by molar-refractivity contribution is -0.217. The molecule has 0 unspecified atom stereocenters. The first-order valence-electron chi connectivity index (χ1n) is 2.40. The summed E-state index contributed by atoms with van der Waals surface area (Å²) in [7, 11) is 0. The van der Waals surface area contributed by atoms with Gasteiger partial charge in [-0.2, -0.15) is 26.3 Å². The highest BCUT2D eigenvalue weighted by molar-refractivity contribution is 5.89. The van der Waals surface area contributed by atoms with Crippen molar-refractivity contribution in [2.24, 2.45) is 0 Å². The predicted molar refractivity (Wildman–Crippen MR) is 28.4 cm³/mol. The van der Waals surface area contributed by atoms with Crippen molar-refractivity contribution in [3.05, 3.63) is 6.58 Å². The van der Waals surface area contributed by atoms with Gasteiger partial charge in [0.25, 0.3) is 0 Å². The van der Waals surface area contributed by atoms with Gasteiger partial charge in [-0.3, -0.25) is 4.79 Å². The maximum atomic E-state index is 10.9. The van der Waals surface area contributed by atoms with Crippen molar-refractivity contribution in [1.29, 1.82) is 0 Å². The molecule has 0 rings (SSSR count). The highest BCUT2D eigenvalue weighted by atomic mass is 19.4. The van der Waals surface area contributed by atoms with Crippen molar-refractivity contribution in [2.45, 2.75) is 12.4 Å². The van der Waals surface area contributed by atoms with Gasteiger partial charge in [-0.05, 0) is 6.58 Å². The summed E-state index contributed by atoms with van der Waals surface area (Å²) in [6.07, 6.45) is -11.6. The molecule has 0 spiro atoms. The molecule has 0 atom stereocenters. The Kier molecular flexibility index (Phi) is 5.10. The molecule has 2 nitrogen and oxygen atoms in total. The predicted octanol–water partition coefficient (Wildman–Crippen LogP) is 1.68. The van der Waals surface area contributed by atoms with Crippen molar-refractivity contribution in [2.75, 3.05) is 0 Å². The average Bonchev–Trinajstić information content (AvgIpc) is 1.84. The van der Waals surface area contributed by atoms with Gasteiger partial charge in [-0.25, -0.2) is 4.79 Å². The lowest BCUT2D eigenvalue weighted by Crippen LogP contribution is -2.36. The molecule has 0 aromatic rings. The molecule has 76 valence electrons. The van der Waals surface area contributed by atoms with E-state index >= 15 is 0 Å². The Balaban J connectivity index is 0. The first-order chi connectivity index (χ1) is 5.57. The molecule has 0 saturated carbocycles. The molecular formula is C5H2F6O2. The second-order valence-electron chi connectivity index (χ2n) is 1.47. The number of ketones is 1. The maximum Gasteiger partial charge on any atom is 0.459 e. The first kappa shape index (κ1) is 14.2. The van der Waals surface area contributed by atoms with E-state index < -0.39 is 18.1 Å². The standard InChI is InChI=1S/C3F6O.C2H2O/c4-2(5,6)1(10)3(7,8)9;1-2-3/h;1H2.